The Hall–Kier alpha value is -3.22. The zero-order chi connectivity index (χ0) is 16.2. The van der Waals surface area contributed by atoms with Crippen LogP contribution in [0, 0.1) is 0 Å². The van der Waals surface area contributed by atoms with Crippen molar-refractivity contribution in [1.29, 1.82) is 0 Å². The number of para-hydroxylation sites is 1. The fourth-order valence-electron chi connectivity index (χ4n) is 2.09. The Bertz CT molecular complexity index is 831. The van der Waals surface area contributed by atoms with Crippen LogP contribution >= 0.6 is 0 Å². The first-order valence-corrected chi connectivity index (χ1v) is 7.03. The number of ether oxygens (including phenoxy) is 1. The van der Waals surface area contributed by atoms with E-state index in [-0.39, 0.29) is 17.9 Å². The van der Waals surface area contributed by atoms with Gasteiger partial charge in [0.05, 0.1) is 12.2 Å². The molecule has 116 valence electrons. The van der Waals surface area contributed by atoms with Crippen LogP contribution in [0.5, 0.6) is 5.75 Å². The molecule has 1 N–H and O–H groups in total. The number of rotatable bonds is 4. The molecule has 3 rings (SSSR count). The molecule has 0 aliphatic rings. The third-order valence-corrected chi connectivity index (χ3v) is 3.13. The molecule has 0 spiro atoms. The summed E-state index contributed by atoms with van der Waals surface area (Å²) in [6.45, 7) is 1.97. The summed E-state index contributed by atoms with van der Waals surface area (Å²) in [6.07, 6.45) is 4.63. The van der Waals surface area contributed by atoms with Crippen molar-refractivity contribution in [2.45, 2.75) is 6.92 Å². The summed E-state index contributed by atoms with van der Waals surface area (Å²) in [6, 6.07) is 8.44. The third kappa shape index (κ3) is 2.89. The van der Waals surface area contributed by atoms with Gasteiger partial charge in [0.1, 0.15) is 11.3 Å². The number of aromatic nitrogens is 4. The van der Waals surface area contributed by atoms with Crippen molar-refractivity contribution in [1.82, 2.24) is 19.7 Å². The minimum Gasteiger partial charge on any atom is -0.507 e. The number of carbonyl (C=O) groups is 1. The van der Waals surface area contributed by atoms with Gasteiger partial charge in [-0.3, -0.25) is 0 Å². The lowest BCUT2D eigenvalue weighted by Crippen LogP contribution is -2.13. The van der Waals surface area contributed by atoms with Crippen LogP contribution in [-0.4, -0.2) is 37.4 Å². The van der Waals surface area contributed by atoms with Crippen molar-refractivity contribution in [2.24, 2.45) is 0 Å². The maximum atomic E-state index is 12.1. The fraction of sp³-hybridized carbons (Fsp3) is 0.125. The highest BCUT2D eigenvalue weighted by Gasteiger charge is 2.19. The average molecular weight is 310 g/mol. The maximum Gasteiger partial charge on any atom is 0.343 e. The number of benzene rings is 1. The second-order valence-electron chi connectivity index (χ2n) is 4.62. The lowest BCUT2D eigenvalue weighted by Gasteiger charge is -2.10. The molecule has 3 aromatic rings. The molecule has 1 aromatic carbocycles. The van der Waals surface area contributed by atoms with Crippen molar-refractivity contribution < 1.29 is 14.6 Å². The van der Waals surface area contributed by atoms with Crippen molar-refractivity contribution >= 4 is 5.97 Å². The second kappa shape index (κ2) is 6.27. The molecule has 0 atom stereocenters. The zero-order valence-corrected chi connectivity index (χ0v) is 12.4. The van der Waals surface area contributed by atoms with E-state index in [2.05, 4.69) is 15.1 Å². The average Bonchev–Trinajstić information content (AvgIpc) is 3.09. The van der Waals surface area contributed by atoms with E-state index in [1.807, 2.05) is 0 Å². The fourth-order valence-corrected chi connectivity index (χ4v) is 2.09. The standard InChI is InChI=1S/C16H14N4O3/c1-2-23-16(22)12-10-17-14(11-6-3-4-7-13(11)21)19-15(12)20-9-5-8-18-20/h3-10,21H,2H2,1H3. The molecule has 0 aliphatic carbocycles. The molecule has 0 saturated carbocycles. The molecule has 0 amide bonds. The number of hydrogen-bond donors (Lipinski definition) is 1. The minimum atomic E-state index is -0.526. The smallest absolute Gasteiger partial charge is 0.343 e. The highest BCUT2D eigenvalue weighted by molar-refractivity contribution is 5.92. The predicted molar refractivity (Wildman–Crippen MR) is 82.2 cm³/mol. The minimum absolute atomic E-state index is 0.0581. The Kier molecular flexibility index (Phi) is 4.01. The molecule has 0 aliphatic heterocycles. The van der Waals surface area contributed by atoms with Crippen LogP contribution in [0.3, 0.4) is 0 Å². The van der Waals surface area contributed by atoms with Crippen LogP contribution < -0.4 is 0 Å². The first kappa shape index (κ1) is 14.7. The van der Waals surface area contributed by atoms with Crippen molar-refractivity contribution in [2.75, 3.05) is 6.61 Å². The first-order chi connectivity index (χ1) is 11.2. The van der Waals surface area contributed by atoms with Gasteiger partial charge in [0.2, 0.25) is 0 Å². The van der Waals surface area contributed by atoms with E-state index in [1.165, 1.54) is 10.9 Å². The predicted octanol–water partition coefficient (Wildman–Crippen LogP) is 2.21. The second-order valence-corrected chi connectivity index (χ2v) is 4.62. The molecule has 0 unspecified atom stereocenters. The van der Waals surface area contributed by atoms with E-state index in [9.17, 15) is 9.90 Å². The molecule has 2 aromatic heterocycles. The van der Waals surface area contributed by atoms with Gasteiger partial charge in [0.15, 0.2) is 11.6 Å². The Morgan fingerprint density at radius 2 is 2.13 bits per heavy atom. The van der Waals surface area contributed by atoms with E-state index < -0.39 is 5.97 Å². The van der Waals surface area contributed by atoms with Crippen LogP contribution in [0.1, 0.15) is 17.3 Å². The molecule has 7 nitrogen and oxygen atoms in total. The maximum absolute atomic E-state index is 12.1. The van der Waals surface area contributed by atoms with E-state index in [1.54, 1.807) is 49.6 Å². The number of nitrogens with zero attached hydrogens (tertiary/aromatic N) is 4. The normalized spacial score (nSPS) is 10.5. The van der Waals surface area contributed by atoms with Gasteiger partial charge in [-0.1, -0.05) is 12.1 Å². The van der Waals surface area contributed by atoms with Crippen molar-refractivity contribution in [3.63, 3.8) is 0 Å². The highest BCUT2D eigenvalue weighted by Crippen LogP contribution is 2.26. The quantitative estimate of drug-likeness (QED) is 0.743. The number of phenols is 1. The van der Waals surface area contributed by atoms with Gasteiger partial charge in [-0.2, -0.15) is 5.10 Å². The van der Waals surface area contributed by atoms with E-state index in [4.69, 9.17) is 4.74 Å². The molecule has 7 heteroatoms. The highest BCUT2D eigenvalue weighted by atomic mass is 16.5. The van der Waals surface area contributed by atoms with Crippen LogP contribution in [0.15, 0.2) is 48.9 Å². The monoisotopic (exact) mass is 310 g/mol. The topological polar surface area (TPSA) is 90.1 Å². The number of hydrogen-bond acceptors (Lipinski definition) is 6. The van der Waals surface area contributed by atoms with Gasteiger partial charge in [-0.25, -0.2) is 19.4 Å². The van der Waals surface area contributed by atoms with E-state index in [0.29, 0.717) is 17.2 Å². The zero-order valence-electron chi connectivity index (χ0n) is 12.4. The summed E-state index contributed by atoms with van der Waals surface area (Å²) in [5.41, 5.74) is 0.672. The number of aromatic hydroxyl groups is 1. The van der Waals surface area contributed by atoms with Crippen molar-refractivity contribution in [3.8, 4) is 23.0 Å². The lowest BCUT2D eigenvalue weighted by atomic mass is 10.2. The molecule has 0 saturated heterocycles. The van der Waals surface area contributed by atoms with Crippen LogP contribution in [-0.2, 0) is 4.74 Å². The van der Waals surface area contributed by atoms with Gasteiger partial charge in [0.25, 0.3) is 0 Å². The van der Waals surface area contributed by atoms with Crippen LogP contribution in [0.2, 0.25) is 0 Å². The molecule has 2 heterocycles. The molecular formula is C16H14N4O3. The molecule has 0 fully saturated rings. The summed E-state index contributed by atoms with van der Waals surface area (Å²) >= 11 is 0. The number of phenolic OH excluding ortho intramolecular Hbond substituents is 1. The molecular weight excluding hydrogens is 296 g/mol. The van der Waals surface area contributed by atoms with Gasteiger partial charge < -0.3 is 9.84 Å². The Labute approximate surface area is 132 Å². The molecule has 0 radical (unpaired) electrons. The summed E-state index contributed by atoms with van der Waals surface area (Å²) < 4.78 is 6.48. The van der Waals surface area contributed by atoms with Gasteiger partial charge >= 0.3 is 5.97 Å². The Morgan fingerprint density at radius 1 is 1.30 bits per heavy atom. The lowest BCUT2D eigenvalue weighted by molar-refractivity contribution is 0.0525. The Morgan fingerprint density at radius 3 is 2.83 bits per heavy atom. The van der Waals surface area contributed by atoms with Crippen molar-refractivity contribution in [3.05, 3.63) is 54.5 Å². The number of carbonyl (C=O) groups excluding carboxylic acids is 1. The van der Waals surface area contributed by atoms with Gasteiger partial charge in [-0.05, 0) is 25.1 Å². The third-order valence-electron chi connectivity index (χ3n) is 3.13. The number of esters is 1. The van der Waals surface area contributed by atoms with E-state index >= 15 is 0 Å². The molecule has 23 heavy (non-hydrogen) atoms. The first-order valence-electron chi connectivity index (χ1n) is 7.03. The summed E-state index contributed by atoms with van der Waals surface area (Å²) in [4.78, 5) is 20.6. The van der Waals surface area contributed by atoms with Gasteiger partial charge in [-0.15, -0.1) is 0 Å². The SMILES string of the molecule is CCOC(=O)c1cnc(-c2ccccc2O)nc1-n1cccn1. The molecule has 0 bridgehead atoms. The summed E-state index contributed by atoms with van der Waals surface area (Å²) in [5.74, 6) is 0.119. The summed E-state index contributed by atoms with van der Waals surface area (Å²) in [7, 11) is 0. The van der Waals surface area contributed by atoms with Crippen LogP contribution in [0.25, 0.3) is 17.2 Å². The summed E-state index contributed by atoms with van der Waals surface area (Å²) in [5, 5.41) is 14.1. The Balaban J connectivity index is 2.14. The largest absolute Gasteiger partial charge is 0.507 e. The van der Waals surface area contributed by atoms with Crippen LogP contribution in [0.4, 0.5) is 0 Å². The van der Waals surface area contributed by atoms with E-state index in [0.717, 1.165) is 0 Å². The van der Waals surface area contributed by atoms with Gasteiger partial charge in [0, 0.05) is 18.6 Å².